The SMILES string of the molecule is N=c1ccn2ocncc1-2. The second-order valence-electron chi connectivity index (χ2n) is 1.93. The van der Waals surface area contributed by atoms with Crippen LogP contribution >= 0.6 is 0 Å². The van der Waals surface area contributed by atoms with E-state index in [1.807, 2.05) is 0 Å². The van der Waals surface area contributed by atoms with Crippen molar-refractivity contribution in [2.24, 2.45) is 0 Å². The van der Waals surface area contributed by atoms with Crippen molar-refractivity contribution in [1.82, 2.24) is 9.72 Å². The molecule has 0 aromatic rings. The first-order valence-corrected chi connectivity index (χ1v) is 2.83. The van der Waals surface area contributed by atoms with Gasteiger partial charge in [-0.25, -0.2) is 4.98 Å². The largest absolute Gasteiger partial charge is 0.363 e. The Balaban J connectivity index is 2.91. The number of hydrogen-bond donors (Lipinski definition) is 1. The van der Waals surface area contributed by atoms with E-state index in [-0.39, 0.29) is 0 Å². The van der Waals surface area contributed by atoms with Gasteiger partial charge in [0.05, 0.1) is 11.6 Å². The summed E-state index contributed by atoms with van der Waals surface area (Å²) in [5.74, 6) is 0. The van der Waals surface area contributed by atoms with Crippen LogP contribution in [0.5, 0.6) is 0 Å². The third kappa shape index (κ3) is 0.556. The molecule has 0 bridgehead atoms. The van der Waals surface area contributed by atoms with Gasteiger partial charge in [-0.15, -0.1) is 0 Å². The van der Waals surface area contributed by atoms with Crippen LogP contribution in [0.2, 0.25) is 0 Å². The molecule has 0 atom stereocenters. The fraction of sp³-hybridized carbons (Fsp3) is 0. The molecule has 2 heterocycles. The van der Waals surface area contributed by atoms with Crippen LogP contribution in [0.3, 0.4) is 0 Å². The zero-order chi connectivity index (χ0) is 6.97. The summed E-state index contributed by atoms with van der Waals surface area (Å²) in [6.07, 6.45) is 4.59. The van der Waals surface area contributed by atoms with Gasteiger partial charge in [0, 0.05) is 6.20 Å². The van der Waals surface area contributed by atoms with Crippen LogP contribution in [0.1, 0.15) is 0 Å². The van der Waals surface area contributed by atoms with Crippen LogP contribution in [0.15, 0.2) is 29.4 Å². The first-order chi connectivity index (χ1) is 4.88. The lowest BCUT2D eigenvalue weighted by Gasteiger charge is -1.96. The van der Waals surface area contributed by atoms with E-state index in [1.54, 1.807) is 18.5 Å². The van der Waals surface area contributed by atoms with Crippen molar-refractivity contribution in [2.75, 3.05) is 0 Å². The Morgan fingerprint density at radius 3 is 3.30 bits per heavy atom. The molecule has 0 unspecified atom stereocenters. The summed E-state index contributed by atoms with van der Waals surface area (Å²) >= 11 is 0. The molecule has 0 amide bonds. The summed E-state index contributed by atoms with van der Waals surface area (Å²) in [4.78, 5) is 3.74. The van der Waals surface area contributed by atoms with E-state index < -0.39 is 0 Å². The number of hydrogen-bond acceptors (Lipinski definition) is 3. The Morgan fingerprint density at radius 2 is 2.50 bits per heavy atom. The van der Waals surface area contributed by atoms with Gasteiger partial charge in [0.15, 0.2) is 0 Å². The molecule has 1 N–H and O–H groups in total. The summed E-state index contributed by atoms with van der Waals surface area (Å²) < 4.78 is 6.41. The highest BCUT2D eigenvalue weighted by Crippen LogP contribution is 1.99. The zero-order valence-electron chi connectivity index (χ0n) is 5.11. The summed E-state index contributed by atoms with van der Waals surface area (Å²) in [5, 5.41) is 7.75. The average molecular weight is 135 g/mol. The molecule has 2 rings (SSSR count). The fourth-order valence-corrected chi connectivity index (χ4v) is 0.824. The van der Waals surface area contributed by atoms with Crippen LogP contribution in [-0.4, -0.2) is 9.72 Å². The molecule has 0 spiro atoms. The standard InChI is InChI=1S/C6H5N3O/c7-5-1-2-9-6(5)3-8-4-10-9/h1-4,7H. The van der Waals surface area contributed by atoms with Crippen molar-refractivity contribution in [3.8, 4) is 5.69 Å². The lowest BCUT2D eigenvalue weighted by atomic mass is 10.5. The van der Waals surface area contributed by atoms with E-state index in [1.165, 1.54) is 11.1 Å². The Hall–Kier alpha value is -1.58. The van der Waals surface area contributed by atoms with Crippen LogP contribution in [0.4, 0.5) is 0 Å². The number of rotatable bonds is 0. The van der Waals surface area contributed by atoms with Gasteiger partial charge >= 0.3 is 0 Å². The number of nitrogens with one attached hydrogen (secondary N) is 1. The molecular formula is C6H5N3O. The second kappa shape index (κ2) is 1.70. The molecule has 10 heavy (non-hydrogen) atoms. The lowest BCUT2D eigenvalue weighted by Crippen LogP contribution is -2.02. The first-order valence-electron chi connectivity index (χ1n) is 2.83. The van der Waals surface area contributed by atoms with Gasteiger partial charge in [-0.2, -0.15) is 4.74 Å². The van der Waals surface area contributed by atoms with Gasteiger partial charge in [0.2, 0.25) is 6.39 Å². The maximum atomic E-state index is 7.32. The lowest BCUT2D eigenvalue weighted by molar-refractivity contribution is 0.315. The Kier molecular flexibility index (Phi) is 0.887. The smallest absolute Gasteiger partial charge is 0.209 e. The molecule has 0 aromatic carbocycles. The second-order valence-corrected chi connectivity index (χ2v) is 1.93. The quantitative estimate of drug-likeness (QED) is 0.567. The zero-order valence-corrected chi connectivity index (χ0v) is 5.11. The van der Waals surface area contributed by atoms with E-state index in [0.717, 1.165) is 0 Å². The van der Waals surface area contributed by atoms with Crippen LogP contribution in [0.25, 0.3) is 5.69 Å². The van der Waals surface area contributed by atoms with Crippen molar-refractivity contribution in [1.29, 1.82) is 5.41 Å². The minimum Gasteiger partial charge on any atom is -0.363 e. The number of fused-ring (bicyclic) bond motifs is 1. The Bertz CT molecular complexity index is 362. The van der Waals surface area contributed by atoms with E-state index in [4.69, 9.17) is 9.93 Å². The maximum Gasteiger partial charge on any atom is 0.209 e. The predicted molar refractivity (Wildman–Crippen MR) is 32.9 cm³/mol. The van der Waals surface area contributed by atoms with E-state index in [9.17, 15) is 0 Å². The number of aromatic nitrogens is 2. The van der Waals surface area contributed by atoms with Crippen LogP contribution < -0.4 is 5.36 Å². The molecule has 0 saturated carbocycles. The highest BCUT2D eigenvalue weighted by atomic mass is 16.5. The minimum absolute atomic E-state index is 0.428. The predicted octanol–water partition coefficient (Wildman–Crippen LogP) is 0.383. The Labute approximate surface area is 56.5 Å². The van der Waals surface area contributed by atoms with Gasteiger partial charge in [0.1, 0.15) is 5.69 Å². The van der Waals surface area contributed by atoms with Crippen LogP contribution in [-0.2, 0) is 0 Å². The van der Waals surface area contributed by atoms with E-state index >= 15 is 0 Å². The minimum atomic E-state index is 0.428. The summed E-state index contributed by atoms with van der Waals surface area (Å²) in [5.41, 5.74) is 0.683. The van der Waals surface area contributed by atoms with Crippen molar-refractivity contribution in [3.63, 3.8) is 0 Å². The molecule has 2 aliphatic rings. The first kappa shape index (κ1) is 5.22. The highest BCUT2D eigenvalue weighted by molar-refractivity contribution is 5.25. The molecule has 0 fully saturated rings. The maximum absolute atomic E-state index is 7.32. The van der Waals surface area contributed by atoms with Crippen molar-refractivity contribution < 1.29 is 4.52 Å². The molecule has 2 aliphatic heterocycles. The molecule has 0 saturated heterocycles. The summed E-state index contributed by atoms with van der Waals surface area (Å²) in [6, 6.07) is 1.65. The molecule has 4 nitrogen and oxygen atoms in total. The molecule has 0 radical (unpaired) electrons. The van der Waals surface area contributed by atoms with Gasteiger partial charge in [0.25, 0.3) is 0 Å². The Morgan fingerprint density at radius 1 is 1.60 bits per heavy atom. The molecule has 50 valence electrons. The van der Waals surface area contributed by atoms with E-state index in [0.29, 0.717) is 11.0 Å². The monoisotopic (exact) mass is 135 g/mol. The highest BCUT2D eigenvalue weighted by Gasteiger charge is 2.00. The molecule has 4 heteroatoms. The number of nitrogens with zero attached hydrogens (tertiary/aromatic N) is 2. The molecule has 0 aromatic heterocycles. The third-order valence-corrected chi connectivity index (χ3v) is 1.31. The van der Waals surface area contributed by atoms with E-state index in [2.05, 4.69) is 4.98 Å². The van der Waals surface area contributed by atoms with Crippen molar-refractivity contribution in [2.45, 2.75) is 0 Å². The molecular weight excluding hydrogens is 130 g/mol. The van der Waals surface area contributed by atoms with Gasteiger partial charge in [-0.3, -0.25) is 5.41 Å². The van der Waals surface area contributed by atoms with Gasteiger partial charge in [-0.05, 0) is 6.07 Å². The summed E-state index contributed by atoms with van der Waals surface area (Å²) in [7, 11) is 0. The van der Waals surface area contributed by atoms with Crippen molar-refractivity contribution in [3.05, 3.63) is 30.2 Å². The van der Waals surface area contributed by atoms with Gasteiger partial charge < -0.3 is 4.52 Å². The normalized spacial score (nSPS) is 10.4. The topological polar surface area (TPSA) is 54.8 Å². The van der Waals surface area contributed by atoms with Crippen molar-refractivity contribution >= 4 is 0 Å². The fourth-order valence-electron chi connectivity index (χ4n) is 0.824. The third-order valence-electron chi connectivity index (χ3n) is 1.31. The molecule has 0 aliphatic carbocycles. The van der Waals surface area contributed by atoms with Gasteiger partial charge in [-0.1, -0.05) is 0 Å². The average Bonchev–Trinajstić information content (AvgIpc) is 2.34. The summed E-state index contributed by atoms with van der Waals surface area (Å²) in [6.45, 7) is 0. The van der Waals surface area contributed by atoms with Crippen LogP contribution in [0, 0.1) is 5.41 Å².